The average molecular weight is 218 g/mol. The quantitative estimate of drug-likeness (QED) is 0.802. The monoisotopic (exact) mass is 218 g/mol. The van der Waals surface area contributed by atoms with Crippen LogP contribution in [0.2, 0.25) is 0 Å². The summed E-state index contributed by atoms with van der Waals surface area (Å²) in [7, 11) is 0. The van der Waals surface area contributed by atoms with Crippen LogP contribution in [0.5, 0.6) is 0 Å². The van der Waals surface area contributed by atoms with Gasteiger partial charge in [0.15, 0.2) is 0 Å². The van der Waals surface area contributed by atoms with Crippen molar-refractivity contribution in [1.82, 2.24) is 20.5 Å². The summed E-state index contributed by atoms with van der Waals surface area (Å²) in [5.41, 5.74) is 0.882. The molecule has 0 aromatic carbocycles. The second-order valence-electron chi connectivity index (χ2n) is 4.05. The Labute approximate surface area is 93.3 Å². The third-order valence-corrected chi connectivity index (χ3v) is 2.96. The maximum atomic E-state index is 5.69. The van der Waals surface area contributed by atoms with Crippen molar-refractivity contribution in [2.24, 2.45) is 0 Å². The molecule has 0 aliphatic carbocycles. The molecule has 5 heteroatoms. The smallest absolute Gasteiger partial charge is 0.264 e. The van der Waals surface area contributed by atoms with Gasteiger partial charge in [-0.3, -0.25) is 0 Å². The number of rotatable bonds is 2. The number of nitrogens with zero attached hydrogens (tertiary/aromatic N) is 2. The van der Waals surface area contributed by atoms with Crippen molar-refractivity contribution in [3.63, 3.8) is 0 Å². The van der Waals surface area contributed by atoms with Crippen LogP contribution in [-0.4, -0.2) is 28.3 Å². The van der Waals surface area contributed by atoms with Crippen LogP contribution in [0.15, 0.2) is 22.7 Å². The molecule has 3 heterocycles. The molecule has 0 amide bonds. The number of aromatic nitrogens is 3. The van der Waals surface area contributed by atoms with Crippen molar-refractivity contribution in [1.29, 1.82) is 0 Å². The molecule has 3 rings (SSSR count). The summed E-state index contributed by atoms with van der Waals surface area (Å²) < 4.78 is 5.69. The zero-order valence-electron chi connectivity index (χ0n) is 8.94. The lowest BCUT2D eigenvalue weighted by atomic mass is 9.98. The predicted octanol–water partition coefficient (Wildman–Crippen LogP) is 1.53. The first kappa shape index (κ1) is 9.59. The zero-order valence-corrected chi connectivity index (χ0v) is 8.94. The van der Waals surface area contributed by atoms with Gasteiger partial charge < -0.3 is 14.7 Å². The molecule has 16 heavy (non-hydrogen) atoms. The van der Waals surface area contributed by atoms with Crippen LogP contribution in [0.1, 0.15) is 24.7 Å². The van der Waals surface area contributed by atoms with E-state index in [0.29, 0.717) is 11.8 Å². The third kappa shape index (κ3) is 1.74. The van der Waals surface area contributed by atoms with E-state index in [4.69, 9.17) is 4.42 Å². The molecule has 0 atom stereocenters. The van der Waals surface area contributed by atoms with Crippen molar-refractivity contribution >= 4 is 0 Å². The average Bonchev–Trinajstić information content (AvgIpc) is 3.01. The van der Waals surface area contributed by atoms with Crippen LogP contribution < -0.4 is 5.32 Å². The minimum Gasteiger partial charge on any atom is -0.419 e. The van der Waals surface area contributed by atoms with Crippen LogP contribution in [-0.2, 0) is 0 Å². The summed E-state index contributed by atoms with van der Waals surface area (Å²) in [6.07, 6.45) is 4.00. The summed E-state index contributed by atoms with van der Waals surface area (Å²) in [6.45, 7) is 2.07. The van der Waals surface area contributed by atoms with E-state index in [1.165, 1.54) is 0 Å². The van der Waals surface area contributed by atoms with Crippen molar-refractivity contribution in [2.75, 3.05) is 13.1 Å². The summed E-state index contributed by atoms with van der Waals surface area (Å²) >= 11 is 0. The van der Waals surface area contributed by atoms with Gasteiger partial charge >= 0.3 is 0 Å². The molecule has 1 aliphatic rings. The fourth-order valence-electron chi connectivity index (χ4n) is 2.04. The molecular formula is C11H14N4O. The van der Waals surface area contributed by atoms with Crippen molar-refractivity contribution < 1.29 is 4.42 Å². The number of hydrogen-bond donors (Lipinski definition) is 2. The van der Waals surface area contributed by atoms with Crippen LogP contribution in [0.25, 0.3) is 11.6 Å². The molecule has 0 unspecified atom stereocenters. The normalized spacial score (nSPS) is 17.8. The zero-order chi connectivity index (χ0) is 10.8. The molecule has 0 spiro atoms. The number of piperidine rings is 1. The lowest BCUT2D eigenvalue weighted by Crippen LogP contribution is -2.26. The molecular weight excluding hydrogens is 204 g/mol. The number of aromatic amines is 1. The Morgan fingerprint density at radius 3 is 2.88 bits per heavy atom. The third-order valence-electron chi connectivity index (χ3n) is 2.96. The van der Waals surface area contributed by atoms with Gasteiger partial charge in [-0.05, 0) is 38.1 Å². The van der Waals surface area contributed by atoms with E-state index < -0.39 is 0 Å². The lowest BCUT2D eigenvalue weighted by Gasteiger charge is -2.18. The Hall–Kier alpha value is -1.62. The highest BCUT2D eigenvalue weighted by molar-refractivity contribution is 5.45. The summed E-state index contributed by atoms with van der Waals surface area (Å²) in [5, 5.41) is 11.5. The lowest BCUT2D eigenvalue weighted by molar-refractivity contribution is 0.378. The fraction of sp³-hybridized carbons (Fsp3) is 0.455. The summed E-state index contributed by atoms with van der Waals surface area (Å²) in [4.78, 5) is 3.06. The van der Waals surface area contributed by atoms with Crippen molar-refractivity contribution in [3.8, 4) is 11.6 Å². The Bertz CT molecular complexity index is 442. The maximum absolute atomic E-state index is 5.69. The van der Waals surface area contributed by atoms with E-state index in [9.17, 15) is 0 Å². The van der Waals surface area contributed by atoms with E-state index in [-0.39, 0.29) is 0 Å². The van der Waals surface area contributed by atoms with Gasteiger partial charge in [0.05, 0.1) is 0 Å². The Kier molecular flexibility index (Phi) is 2.46. The highest BCUT2D eigenvalue weighted by Gasteiger charge is 2.21. The van der Waals surface area contributed by atoms with Gasteiger partial charge in [-0.1, -0.05) is 0 Å². The molecule has 1 saturated heterocycles. The maximum Gasteiger partial charge on any atom is 0.264 e. The SMILES string of the molecule is c1c[nH]c(-c2nnc(C3CCNCC3)o2)c1. The van der Waals surface area contributed by atoms with Crippen LogP contribution in [0.3, 0.4) is 0 Å². The minimum absolute atomic E-state index is 0.414. The Balaban J connectivity index is 1.82. The Morgan fingerprint density at radius 2 is 2.12 bits per heavy atom. The predicted molar refractivity (Wildman–Crippen MR) is 58.9 cm³/mol. The fourth-order valence-corrected chi connectivity index (χ4v) is 2.04. The van der Waals surface area contributed by atoms with Gasteiger partial charge in [-0.2, -0.15) is 0 Å². The topological polar surface area (TPSA) is 66.7 Å². The molecule has 2 N–H and O–H groups in total. The van der Waals surface area contributed by atoms with Gasteiger partial charge in [0.2, 0.25) is 5.89 Å². The van der Waals surface area contributed by atoms with Crippen molar-refractivity contribution in [3.05, 3.63) is 24.2 Å². The molecule has 0 bridgehead atoms. The highest BCUT2D eigenvalue weighted by atomic mass is 16.4. The second kappa shape index (κ2) is 4.09. The Morgan fingerprint density at radius 1 is 1.25 bits per heavy atom. The van der Waals surface area contributed by atoms with Crippen LogP contribution in [0.4, 0.5) is 0 Å². The van der Waals surface area contributed by atoms with E-state index in [1.54, 1.807) is 0 Å². The first-order valence-corrected chi connectivity index (χ1v) is 5.61. The van der Waals surface area contributed by atoms with Gasteiger partial charge in [0.1, 0.15) is 5.69 Å². The summed E-state index contributed by atoms with van der Waals surface area (Å²) in [6, 6.07) is 3.85. The highest BCUT2D eigenvalue weighted by Crippen LogP contribution is 2.26. The molecule has 2 aromatic rings. The first-order valence-electron chi connectivity index (χ1n) is 5.61. The van der Waals surface area contributed by atoms with Gasteiger partial charge in [-0.25, -0.2) is 0 Å². The molecule has 1 aliphatic heterocycles. The first-order chi connectivity index (χ1) is 7.93. The molecule has 1 fully saturated rings. The number of H-pyrrole nitrogens is 1. The molecule has 0 radical (unpaired) electrons. The largest absolute Gasteiger partial charge is 0.419 e. The minimum atomic E-state index is 0.414. The number of nitrogens with one attached hydrogen (secondary N) is 2. The van der Waals surface area contributed by atoms with E-state index in [1.807, 2.05) is 18.3 Å². The van der Waals surface area contributed by atoms with Gasteiger partial charge in [0, 0.05) is 12.1 Å². The standard InChI is InChI=1S/C11H14N4O/c1-2-9(13-5-1)11-15-14-10(16-11)8-3-6-12-7-4-8/h1-2,5,8,12-13H,3-4,6-7H2. The van der Waals surface area contributed by atoms with Crippen LogP contribution >= 0.6 is 0 Å². The van der Waals surface area contributed by atoms with Crippen LogP contribution in [0, 0.1) is 0 Å². The summed E-state index contributed by atoms with van der Waals surface area (Å²) in [5.74, 6) is 1.77. The van der Waals surface area contributed by atoms with Crippen molar-refractivity contribution in [2.45, 2.75) is 18.8 Å². The molecule has 0 saturated carbocycles. The van der Waals surface area contributed by atoms with E-state index in [2.05, 4.69) is 20.5 Å². The number of hydrogen-bond acceptors (Lipinski definition) is 4. The molecule has 84 valence electrons. The van der Waals surface area contributed by atoms with E-state index in [0.717, 1.165) is 37.5 Å². The molecule has 2 aromatic heterocycles. The second-order valence-corrected chi connectivity index (χ2v) is 4.05. The van der Waals surface area contributed by atoms with E-state index >= 15 is 0 Å². The van der Waals surface area contributed by atoms with Gasteiger partial charge in [-0.15, -0.1) is 10.2 Å². The van der Waals surface area contributed by atoms with Gasteiger partial charge in [0.25, 0.3) is 5.89 Å². The molecule has 5 nitrogen and oxygen atoms in total.